The molecule has 24 heavy (non-hydrogen) atoms. The first-order chi connectivity index (χ1) is 11.1. The van der Waals surface area contributed by atoms with Crippen LogP contribution in [-0.4, -0.2) is 6.71 Å². The zero-order valence-corrected chi connectivity index (χ0v) is 17.2. The Bertz CT molecular complexity index is 798. The van der Waals surface area contributed by atoms with Crippen LogP contribution in [0, 0.1) is 55.4 Å². The Morgan fingerprint density at radius 1 is 0.542 bits per heavy atom. The first-order valence-corrected chi connectivity index (χ1v) is 9.32. The van der Waals surface area contributed by atoms with E-state index in [1.54, 1.807) is 22.2 Å². The maximum Gasteiger partial charge on any atom is 0.181 e. The Labute approximate surface area is 148 Å². The molecule has 0 radical (unpaired) electrons. The maximum absolute atomic E-state index is 2.43. The van der Waals surface area contributed by atoms with Crippen LogP contribution in [0.25, 0.3) is 11.1 Å². The molecule has 0 bridgehead atoms. The Morgan fingerprint density at radius 3 is 1.50 bits per heavy atom. The van der Waals surface area contributed by atoms with Crippen molar-refractivity contribution in [3.63, 3.8) is 0 Å². The highest BCUT2D eigenvalue weighted by Gasteiger charge is 2.36. The van der Waals surface area contributed by atoms with E-state index in [0.29, 0.717) is 12.5 Å². The van der Waals surface area contributed by atoms with E-state index in [-0.39, 0.29) is 0 Å². The number of benzene rings is 2. The molecular weight excluding hydrogens is 287 g/mol. The largest absolute Gasteiger partial charge is 0.181 e. The van der Waals surface area contributed by atoms with E-state index in [0.717, 1.165) is 0 Å². The molecule has 126 valence electrons. The zero-order chi connectivity index (χ0) is 18.1. The lowest BCUT2D eigenvalue weighted by Crippen LogP contribution is -2.41. The quantitative estimate of drug-likeness (QED) is 0.538. The fourth-order valence-electron chi connectivity index (χ4n) is 4.97. The molecule has 0 saturated carbocycles. The van der Waals surface area contributed by atoms with Crippen LogP contribution in [0.15, 0.2) is 0 Å². The van der Waals surface area contributed by atoms with Crippen molar-refractivity contribution >= 4 is 12.2 Å². The molecule has 1 unspecified atom stereocenters. The minimum absolute atomic E-state index is 0.575. The summed E-state index contributed by atoms with van der Waals surface area (Å²) in [4.78, 5) is 0. The average molecular weight is 318 g/mol. The van der Waals surface area contributed by atoms with Gasteiger partial charge < -0.3 is 0 Å². The molecule has 2 aromatic carbocycles. The Hall–Kier alpha value is -1.50. The third-order valence-electron chi connectivity index (χ3n) is 7.38. The van der Waals surface area contributed by atoms with Crippen LogP contribution in [0.3, 0.4) is 0 Å². The van der Waals surface area contributed by atoms with E-state index in [2.05, 4.69) is 69.1 Å². The van der Waals surface area contributed by atoms with E-state index in [1.165, 1.54) is 44.5 Å². The smallest absolute Gasteiger partial charge is 0.0812 e. The predicted molar refractivity (Wildman–Crippen MR) is 109 cm³/mol. The van der Waals surface area contributed by atoms with Gasteiger partial charge >= 0.3 is 0 Å². The van der Waals surface area contributed by atoms with Gasteiger partial charge in [-0.15, -0.1) is 0 Å². The summed E-state index contributed by atoms with van der Waals surface area (Å²) in [5, 5.41) is 0. The standard InChI is InChI=1S/C23H31B/c1-11-12(2)16(6)21-20(15(11)5)19(9)24(10)23-18(8)14(4)13(3)17(7)22(21)23/h19H,1-10H3. The van der Waals surface area contributed by atoms with Crippen molar-refractivity contribution < 1.29 is 0 Å². The maximum atomic E-state index is 2.43. The van der Waals surface area contributed by atoms with Crippen LogP contribution in [0.5, 0.6) is 0 Å². The molecule has 0 nitrogen and oxygen atoms in total. The van der Waals surface area contributed by atoms with E-state index in [9.17, 15) is 0 Å². The SMILES string of the molecule is CB1c2c(C)c(C)c(C)c(C)c2-c2c(C)c(C)c(C)c(C)c2C1C. The molecule has 0 aromatic heterocycles. The van der Waals surface area contributed by atoms with Crippen LogP contribution in [-0.2, 0) is 0 Å². The molecule has 0 N–H and O–H groups in total. The lowest BCUT2D eigenvalue weighted by molar-refractivity contribution is 0.999. The van der Waals surface area contributed by atoms with E-state index < -0.39 is 0 Å². The lowest BCUT2D eigenvalue weighted by atomic mass is 9.33. The summed E-state index contributed by atoms with van der Waals surface area (Å²) in [7, 11) is 0. The molecule has 1 aliphatic rings. The van der Waals surface area contributed by atoms with Crippen molar-refractivity contribution in [2.75, 3.05) is 0 Å². The molecule has 1 heteroatoms. The Morgan fingerprint density at radius 2 is 0.958 bits per heavy atom. The Kier molecular flexibility index (Phi) is 3.98. The van der Waals surface area contributed by atoms with Gasteiger partial charge in [-0.25, -0.2) is 0 Å². The molecule has 1 aliphatic heterocycles. The van der Waals surface area contributed by atoms with E-state index in [1.807, 2.05) is 0 Å². The molecule has 0 amide bonds. The summed E-state index contributed by atoms with van der Waals surface area (Å²) >= 11 is 0. The number of rotatable bonds is 0. The van der Waals surface area contributed by atoms with E-state index in [4.69, 9.17) is 0 Å². The van der Waals surface area contributed by atoms with Gasteiger partial charge in [0.05, 0.1) is 0 Å². The molecule has 1 heterocycles. The van der Waals surface area contributed by atoms with Crippen LogP contribution in [0.4, 0.5) is 0 Å². The monoisotopic (exact) mass is 318 g/mol. The summed E-state index contributed by atoms with van der Waals surface area (Å²) in [6, 6.07) is 0. The van der Waals surface area contributed by atoms with Gasteiger partial charge in [0.25, 0.3) is 0 Å². The fraction of sp³-hybridized carbons (Fsp3) is 0.478. The third kappa shape index (κ3) is 2.00. The summed E-state index contributed by atoms with van der Waals surface area (Å²) in [6.07, 6.45) is 0. The highest BCUT2D eigenvalue weighted by Crippen LogP contribution is 2.44. The van der Waals surface area contributed by atoms with Crippen molar-refractivity contribution in [2.24, 2.45) is 0 Å². The second-order valence-electron chi connectivity index (χ2n) is 8.15. The van der Waals surface area contributed by atoms with Crippen LogP contribution >= 0.6 is 0 Å². The summed E-state index contributed by atoms with van der Waals surface area (Å²) < 4.78 is 0. The van der Waals surface area contributed by atoms with Crippen LogP contribution < -0.4 is 5.46 Å². The predicted octanol–water partition coefficient (Wildman–Crippen LogP) is 5.81. The first-order valence-electron chi connectivity index (χ1n) is 9.32. The topological polar surface area (TPSA) is 0 Å². The van der Waals surface area contributed by atoms with Gasteiger partial charge in [-0.05, 0) is 117 Å². The van der Waals surface area contributed by atoms with Crippen molar-refractivity contribution in [2.45, 2.75) is 75.0 Å². The molecule has 1 atom stereocenters. The van der Waals surface area contributed by atoms with Gasteiger partial charge in [-0.2, -0.15) is 0 Å². The molecule has 0 saturated heterocycles. The highest BCUT2D eigenvalue weighted by molar-refractivity contribution is 6.76. The van der Waals surface area contributed by atoms with Crippen LogP contribution in [0.1, 0.15) is 62.8 Å². The zero-order valence-electron chi connectivity index (χ0n) is 17.2. The van der Waals surface area contributed by atoms with Gasteiger partial charge in [0, 0.05) is 0 Å². The van der Waals surface area contributed by atoms with Crippen molar-refractivity contribution in [1.82, 2.24) is 0 Å². The minimum atomic E-state index is 0.575. The molecule has 3 rings (SSSR count). The fourth-order valence-corrected chi connectivity index (χ4v) is 4.97. The summed E-state index contributed by atoms with van der Waals surface area (Å²) in [6.45, 7) is 23.9. The van der Waals surface area contributed by atoms with Gasteiger partial charge in [0.1, 0.15) is 0 Å². The lowest BCUT2D eigenvalue weighted by Gasteiger charge is -2.37. The average Bonchev–Trinajstić information content (AvgIpc) is 2.56. The third-order valence-corrected chi connectivity index (χ3v) is 7.38. The number of fused-ring (bicyclic) bond motifs is 3. The number of hydrogen-bond donors (Lipinski definition) is 0. The minimum Gasteiger partial charge on any atom is -0.0812 e. The van der Waals surface area contributed by atoms with Gasteiger partial charge in [0.2, 0.25) is 0 Å². The second kappa shape index (κ2) is 5.51. The second-order valence-corrected chi connectivity index (χ2v) is 8.15. The van der Waals surface area contributed by atoms with Gasteiger partial charge in [0.15, 0.2) is 6.71 Å². The summed E-state index contributed by atoms with van der Waals surface area (Å²) in [5.74, 6) is 0.575. The highest BCUT2D eigenvalue weighted by atomic mass is 14.3. The van der Waals surface area contributed by atoms with Crippen molar-refractivity contribution in [1.29, 1.82) is 0 Å². The van der Waals surface area contributed by atoms with Crippen molar-refractivity contribution in [3.05, 3.63) is 50.1 Å². The molecule has 0 aliphatic carbocycles. The molecule has 2 aromatic rings. The van der Waals surface area contributed by atoms with E-state index >= 15 is 0 Å². The van der Waals surface area contributed by atoms with Gasteiger partial charge in [-0.1, -0.05) is 24.8 Å². The Balaban J connectivity index is 2.59. The summed E-state index contributed by atoms with van der Waals surface area (Å²) in [5.41, 5.74) is 18.2. The van der Waals surface area contributed by atoms with Crippen molar-refractivity contribution in [3.8, 4) is 11.1 Å². The molecule has 0 fully saturated rings. The molecular formula is C23H31B. The normalized spacial score (nSPS) is 16.2. The van der Waals surface area contributed by atoms with Gasteiger partial charge in [-0.3, -0.25) is 0 Å². The first kappa shape index (κ1) is 17.3. The van der Waals surface area contributed by atoms with Crippen LogP contribution in [0.2, 0.25) is 6.82 Å². The molecule has 0 spiro atoms. The number of hydrogen-bond acceptors (Lipinski definition) is 0.